The Morgan fingerprint density at radius 2 is 2.04 bits per heavy atom. The molecule has 2 aromatic rings. The summed E-state index contributed by atoms with van der Waals surface area (Å²) in [7, 11) is 0. The minimum Gasteiger partial charge on any atom is -0.415 e. The summed E-state index contributed by atoms with van der Waals surface area (Å²) in [5, 5.41) is 6.68. The molecule has 4 heterocycles. The normalized spacial score (nSPS) is 26.4. The number of benzene rings is 1. The van der Waals surface area contributed by atoms with Crippen LogP contribution >= 0.6 is 0 Å². The quantitative estimate of drug-likeness (QED) is 0.814. The van der Waals surface area contributed by atoms with Gasteiger partial charge in [-0.3, -0.25) is 4.79 Å². The molecule has 2 N–H and O–H groups in total. The van der Waals surface area contributed by atoms with Crippen molar-refractivity contribution in [2.45, 2.75) is 37.4 Å². The number of oxazole rings is 1. The number of rotatable bonds is 5. The van der Waals surface area contributed by atoms with E-state index in [0.717, 1.165) is 31.7 Å². The summed E-state index contributed by atoms with van der Waals surface area (Å²) in [5.41, 5.74) is 0.622. The summed E-state index contributed by atoms with van der Waals surface area (Å²) in [5.74, 6) is 1.28. The van der Waals surface area contributed by atoms with Crippen molar-refractivity contribution < 1.29 is 18.7 Å². The second-order valence-electron chi connectivity index (χ2n) is 7.56. The Balaban J connectivity index is 1.18. The van der Waals surface area contributed by atoms with E-state index >= 15 is 0 Å². The van der Waals surface area contributed by atoms with Crippen LogP contribution < -0.4 is 20.3 Å². The number of anilines is 1. The number of carbonyl (C=O) groups excluding carboxylic acids is 1. The van der Waals surface area contributed by atoms with Crippen LogP contribution in [0, 0.1) is 0 Å². The van der Waals surface area contributed by atoms with Gasteiger partial charge >= 0.3 is 6.08 Å². The van der Waals surface area contributed by atoms with Crippen molar-refractivity contribution in [2.75, 3.05) is 31.2 Å². The number of aromatic nitrogens is 1. The molecule has 0 radical (unpaired) electrons. The third-order valence-corrected chi connectivity index (χ3v) is 5.74. The van der Waals surface area contributed by atoms with Gasteiger partial charge in [-0.2, -0.15) is 4.98 Å². The Morgan fingerprint density at radius 3 is 2.75 bits per heavy atom. The van der Waals surface area contributed by atoms with Crippen molar-refractivity contribution in [2.24, 2.45) is 0 Å². The maximum atomic E-state index is 12.5. The van der Waals surface area contributed by atoms with Gasteiger partial charge in [-0.1, -0.05) is 0 Å². The van der Waals surface area contributed by atoms with E-state index in [1.54, 1.807) is 30.5 Å². The van der Waals surface area contributed by atoms with Crippen LogP contribution in [0.1, 0.15) is 29.6 Å². The lowest BCUT2D eigenvalue weighted by Gasteiger charge is -2.25. The Morgan fingerprint density at radius 1 is 1.21 bits per heavy atom. The molecule has 0 unspecified atom stereocenters. The molecular formula is C20H24N4O4. The lowest BCUT2D eigenvalue weighted by atomic mass is 9.95. The van der Waals surface area contributed by atoms with E-state index in [1.165, 1.54) is 6.42 Å². The minimum absolute atomic E-state index is 0.0448. The summed E-state index contributed by atoms with van der Waals surface area (Å²) in [6.45, 7) is 2.94. The predicted molar refractivity (Wildman–Crippen MR) is 102 cm³/mol. The number of fused-ring (bicyclic) bond motifs is 2. The monoisotopic (exact) mass is 384 g/mol. The molecule has 0 spiro atoms. The maximum Gasteiger partial charge on any atom is 0.401 e. The summed E-state index contributed by atoms with van der Waals surface area (Å²) >= 11 is 0. The van der Waals surface area contributed by atoms with Crippen LogP contribution in [0.3, 0.4) is 0 Å². The van der Waals surface area contributed by atoms with Crippen molar-refractivity contribution in [3.63, 3.8) is 0 Å². The topological polar surface area (TPSA) is 88.9 Å². The standard InChI is InChI=1S/C20H24N4O4/c25-19(22-17-11-14-3-6-16(17)21-14)13-1-4-15(5-2-13)28-20-23-18(12-27-20)24-7-9-26-10-8-24/h1-2,4-5,12,14,16-17,21H,3,6-11H2,(H,22,25)/t14-,16+,17-/m1/s1. The Hall–Kier alpha value is -2.58. The van der Waals surface area contributed by atoms with Gasteiger partial charge in [0.15, 0.2) is 5.82 Å². The van der Waals surface area contributed by atoms with E-state index < -0.39 is 0 Å². The van der Waals surface area contributed by atoms with E-state index in [-0.39, 0.29) is 18.0 Å². The first-order valence-corrected chi connectivity index (χ1v) is 9.88. The number of amides is 1. The summed E-state index contributed by atoms with van der Waals surface area (Å²) < 4.78 is 16.4. The number of ether oxygens (including phenoxy) is 2. The fourth-order valence-corrected chi connectivity index (χ4v) is 4.24. The van der Waals surface area contributed by atoms with Crippen LogP contribution in [0.2, 0.25) is 0 Å². The molecule has 3 atom stereocenters. The second-order valence-corrected chi connectivity index (χ2v) is 7.56. The summed E-state index contributed by atoms with van der Waals surface area (Å²) in [4.78, 5) is 19.0. The van der Waals surface area contributed by atoms with Gasteiger partial charge < -0.3 is 29.4 Å². The molecule has 1 amide bonds. The molecular weight excluding hydrogens is 360 g/mol. The Kier molecular flexibility index (Phi) is 4.66. The zero-order valence-electron chi connectivity index (χ0n) is 15.6. The molecule has 3 aliphatic rings. The number of morpholine rings is 1. The van der Waals surface area contributed by atoms with Gasteiger partial charge in [0, 0.05) is 36.8 Å². The minimum atomic E-state index is -0.0448. The van der Waals surface area contributed by atoms with Crippen LogP contribution in [0.5, 0.6) is 11.8 Å². The highest BCUT2D eigenvalue weighted by Gasteiger charge is 2.39. The fourth-order valence-electron chi connectivity index (χ4n) is 4.24. The van der Waals surface area contributed by atoms with Crippen molar-refractivity contribution in [1.82, 2.24) is 15.6 Å². The van der Waals surface area contributed by atoms with Crippen LogP contribution in [-0.2, 0) is 4.74 Å². The first-order chi connectivity index (χ1) is 13.7. The molecule has 1 aromatic heterocycles. The highest BCUT2D eigenvalue weighted by Crippen LogP contribution is 2.29. The van der Waals surface area contributed by atoms with E-state index in [9.17, 15) is 4.79 Å². The lowest BCUT2D eigenvalue weighted by Crippen LogP contribution is -2.42. The van der Waals surface area contributed by atoms with Crippen LogP contribution in [0.4, 0.5) is 5.82 Å². The van der Waals surface area contributed by atoms with Crippen LogP contribution in [0.25, 0.3) is 0 Å². The molecule has 8 heteroatoms. The highest BCUT2D eigenvalue weighted by atomic mass is 16.6. The number of carbonyl (C=O) groups is 1. The zero-order chi connectivity index (χ0) is 18.9. The van der Waals surface area contributed by atoms with E-state index in [4.69, 9.17) is 13.9 Å². The highest BCUT2D eigenvalue weighted by molar-refractivity contribution is 5.94. The first kappa shape index (κ1) is 17.5. The van der Waals surface area contributed by atoms with Gasteiger partial charge in [-0.05, 0) is 43.5 Å². The largest absolute Gasteiger partial charge is 0.415 e. The second kappa shape index (κ2) is 7.44. The molecule has 0 aliphatic carbocycles. The van der Waals surface area contributed by atoms with Crippen molar-refractivity contribution >= 4 is 11.7 Å². The van der Waals surface area contributed by atoms with Crippen molar-refractivity contribution in [1.29, 1.82) is 0 Å². The molecule has 8 nitrogen and oxygen atoms in total. The molecule has 3 saturated heterocycles. The molecule has 148 valence electrons. The van der Waals surface area contributed by atoms with E-state index in [2.05, 4.69) is 20.5 Å². The average molecular weight is 384 g/mol. The van der Waals surface area contributed by atoms with Crippen LogP contribution in [0.15, 0.2) is 34.9 Å². The number of nitrogens with zero attached hydrogens (tertiary/aromatic N) is 2. The summed E-state index contributed by atoms with van der Waals surface area (Å²) in [6, 6.07) is 8.25. The Labute approximate surface area is 163 Å². The molecule has 3 fully saturated rings. The zero-order valence-corrected chi connectivity index (χ0v) is 15.6. The predicted octanol–water partition coefficient (Wildman–Crippen LogP) is 1.93. The van der Waals surface area contributed by atoms with Crippen molar-refractivity contribution in [3.05, 3.63) is 36.1 Å². The van der Waals surface area contributed by atoms with Gasteiger partial charge in [0.2, 0.25) is 0 Å². The molecule has 28 heavy (non-hydrogen) atoms. The van der Waals surface area contributed by atoms with Gasteiger partial charge in [0.05, 0.1) is 13.2 Å². The van der Waals surface area contributed by atoms with Gasteiger partial charge in [0.25, 0.3) is 5.91 Å². The van der Waals surface area contributed by atoms with Crippen LogP contribution in [-0.4, -0.2) is 55.3 Å². The molecule has 2 bridgehead atoms. The van der Waals surface area contributed by atoms with Gasteiger partial charge in [-0.15, -0.1) is 0 Å². The maximum absolute atomic E-state index is 12.5. The lowest BCUT2D eigenvalue weighted by molar-refractivity contribution is 0.0931. The van der Waals surface area contributed by atoms with Crippen molar-refractivity contribution in [3.8, 4) is 11.8 Å². The molecule has 0 saturated carbocycles. The first-order valence-electron chi connectivity index (χ1n) is 9.88. The number of nitrogens with one attached hydrogen (secondary N) is 2. The van der Waals surface area contributed by atoms with E-state index in [1.807, 2.05) is 0 Å². The molecule has 1 aromatic carbocycles. The fraction of sp³-hybridized carbons (Fsp3) is 0.500. The summed E-state index contributed by atoms with van der Waals surface area (Å²) in [6.07, 6.45) is 5.16. The smallest absolute Gasteiger partial charge is 0.401 e. The third kappa shape index (κ3) is 3.57. The van der Waals surface area contributed by atoms with Gasteiger partial charge in [0.1, 0.15) is 12.0 Å². The van der Waals surface area contributed by atoms with Gasteiger partial charge in [-0.25, -0.2) is 0 Å². The van der Waals surface area contributed by atoms with E-state index in [0.29, 0.717) is 36.6 Å². The number of hydrogen-bond donors (Lipinski definition) is 2. The third-order valence-electron chi connectivity index (χ3n) is 5.74. The Bertz CT molecular complexity index is 831. The average Bonchev–Trinajstić information content (AvgIpc) is 3.46. The molecule has 3 aliphatic heterocycles. The molecule has 5 rings (SSSR count). The number of hydrogen-bond acceptors (Lipinski definition) is 7. The SMILES string of the molecule is O=C(N[C@@H]1C[C@H]2CC[C@@H]1N2)c1ccc(Oc2nc(N3CCOCC3)co2)cc1.